The number of anilines is 3. The van der Waals surface area contributed by atoms with E-state index in [0.717, 1.165) is 11.3 Å². The molecule has 0 saturated heterocycles. The highest BCUT2D eigenvalue weighted by Gasteiger charge is 2.10. The second kappa shape index (κ2) is 6.76. The fourth-order valence-electron chi connectivity index (χ4n) is 2.06. The molecule has 2 rings (SSSR count). The van der Waals surface area contributed by atoms with Gasteiger partial charge in [-0.2, -0.15) is 0 Å². The highest BCUT2D eigenvalue weighted by atomic mass is 16.5. The molecular formula is C16H19N3O2. The number of amides is 1. The van der Waals surface area contributed by atoms with Crippen LogP contribution in [0.15, 0.2) is 42.5 Å². The van der Waals surface area contributed by atoms with Crippen molar-refractivity contribution in [1.82, 2.24) is 5.32 Å². The third-order valence-corrected chi connectivity index (χ3v) is 3.03. The summed E-state index contributed by atoms with van der Waals surface area (Å²) in [6, 6.07) is 13.0. The molecule has 0 fully saturated rings. The molecule has 0 aromatic heterocycles. The maximum Gasteiger partial charge on any atom is 0.253 e. The van der Waals surface area contributed by atoms with Crippen LogP contribution >= 0.6 is 0 Å². The van der Waals surface area contributed by atoms with Gasteiger partial charge in [0.25, 0.3) is 5.91 Å². The molecule has 1 amide bonds. The number of carbonyl (C=O) groups excluding carboxylic acids is 1. The molecule has 5 heteroatoms. The molecule has 0 aliphatic heterocycles. The topological polar surface area (TPSA) is 76.4 Å². The van der Waals surface area contributed by atoms with E-state index in [4.69, 9.17) is 10.5 Å². The van der Waals surface area contributed by atoms with Gasteiger partial charge in [-0.05, 0) is 35.9 Å². The van der Waals surface area contributed by atoms with E-state index >= 15 is 0 Å². The van der Waals surface area contributed by atoms with E-state index in [0.29, 0.717) is 23.5 Å². The first-order chi connectivity index (χ1) is 10.1. The van der Waals surface area contributed by atoms with E-state index in [9.17, 15) is 4.79 Å². The number of benzene rings is 2. The van der Waals surface area contributed by atoms with Gasteiger partial charge in [0.1, 0.15) is 0 Å². The first-order valence-corrected chi connectivity index (χ1v) is 6.60. The monoisotopic (exact) mass is 285 g/mol. The zero-order valence-electron chi connectivity index (χ0n) is 12.1. The van der Waals surface area contributed by atoms with Gasteiger partial charge in [-0.1, -0.05) is 12.1 Å². The number of nitrogens with one attached hydrogen (secondary N) is 2. The number of nitrogens with two attached hydrogens (primary N) is 1. The van der Waals surface area contributed by atoms with Crippen molar-refractivity contribution in [2.45, 2.75) is 6.61 Å². The number of nitrogen functional groups attached to an aromatic ring is 1. The van der Waals surface area contributed by atoms with Gasteiger partial charge < -0.3 is 21.1 Å². The Kier molecular flexibility index (Phi) is 4.79. The lowest BCUT2D eigenvalue weighted by molar-refractivity contribution is 0.0964. The van der Waals surface area contributed by atoms with Crippen LogP contribution < -0.4 is 16.4 Å². The van der Waals surface area contributed by atoms with E-state index in [1.165, 1.54) is 0 Å². The summed E-state index contributed by atoms with van der Waals surface area (Å²) in [5, 5.41) is 5.85. The predicted octanol–water partition coefficient (Wildman–Crippen LogP) is 2.52. The number of methoxy groups -OCH3 is 1. The number of carbonyl (C=O) groups is 1. The van der Waals surface area contributed by atoms with E-state index in [1.807, 2.05) is 24.3 Å². The van der Waals surface area contributed by atoms with Crippen LogP contribution in [-0.4, -0.2) is 20.1 Å². The van der Waals surface area contributed by atoms with Crippen molar-refractivity contribution < 1.29 is 9.53 Å². The van der Waals surface area contributed by atoms with Crippen LogP contribution in [0.2, 0.25) is 0 Å². The third kappa shape index (κ3) is 3.73. The minimum absolute atomic E-state index is 0.162. The van der Waals surface area contributed by atoms with Gasteiger partial charge in [0.2, 0.25) is 0 Å². The highest BCUT2D eigenvalue weighted by molar-refractivity contribution is 6.00. The Labute approximate surface area is 124 Å². The zero-order valence-corrected chi connectivity index (χ0v) is 12.1. The minimum Gasteiger partial charge on any atom is -0.399 e. The van der Waals surface area contributed by atoms with Crippen LogP contribution in [0.1, 0.15) is 15.9 Å². The lowest BCUT2D eigenvalue weighted by Gasteiger charge is -2.13. The molecule has 5 nitrogen and oxygen atoms in total. The third-order valence-electron chi connectivity index (χ3n) is 3.03. The molecule has 0 unspecified atom stereocenters. The van der Waals surface area contributed by atoms with Gasteiger partial charge in [0.15, 0.2) is 0 Å². The largest absolute Gasteiger partial charge is 0.399 e. The minimum atomic E-state index is -0.162. The molecule has 0 aliphatic carbocycles. The van der Waals surface area contributed by atoms with Gasteiger partial charge in [-0.25, -0.2) is 0 Å². The van der Waals surface area contributed by atoms with Crippen LogP contribution in [-0.2, 0) is 11.3 Å². The van der Waals surface area contributed by atoms with Crippen molar-refractivity contribution in [1.29, 1.82) is 0 Å². The van der Waals surface area contributed by atoms with Gasteiger partial charge >= 0.3 is 0 Å². The Morgan fingerprint density at radius 3 is 2.76 bits per heavy atom. The summed E-state index contributed by atoms with van der Waals surface area (Å²) in [6.07, 6.45) is 0. The lowest BCUT2D eigenvalue weighted by atomic mass is 10.1. The molecule has 0 aliphatic rings. The van der Waals surface area contributed by atoms with Crippen molar-refractivity contribution in [2.75, 3.05) is 25.2 Å². The van der Waals surface area contributed by atoms with Gasteiger partial charge in [-0.3, -0.25) is 4.79 Å². The summed E-state index contributed by atoms with van der Waals surface area (Å²) in [7, 11) is 3.25. The normalized spacial score (nSPS) is 10.2. The molecule has 4 N–H and O–H groups in total. The number of hydrogen-bond donors (Lipinski definition) is 3. The molecule has 0 spiro atoms. The second-order valence-electron chi connectivity index (χ2n) is 4.64. The zero-order chi connectivity index (χ0) is 15.2. The van der Waals surface area contributed by atoms with Crippen LogP contribution in [0.3, 0.4) is 0 Å². The smallest absolute Gasteiger partial charge is 0.253 e. The summed E-state index contributed by atoms with van der Waals surface area (Å²) in [5.74, 6) is -0.162. The summed E-state index contributed by atoms with van der Waals surface area (Å²) in [4.78, 5) is 11.9. The second-order valence-corrected chi connectivity index (χ2v) is 4.64. The fraction of sp³-hybridized carbons (Fsp3) is 0.188. The van der Waals surface area contributed by atoms with E-state index in [2.05, 4.69) is 10.6 Å². The standard InChI is InChI=1S/C16H19N3O2/c1-18-16(20)14-7-6-12(17)9-15(14)19-13-5-3-4-11(8-13)10-21-2/h3-9,19H,10,17H2,1-2H3,(H,18,20). The van der Waals surface area contributed by atoms with Crippen molar-refractivity contribution in [3.63, 3.8) is 0 Å². The molecule has 110 valence electrons. The van der Waals surface area contributed by atoms with Crippen LogP contribution in [0.5, 0.6) is 0 Å². The summed E-state index contributed by atoms with van der Waals surface area (Å²) in [5.41, 5.74) is 9.54. The van der Waals surface area contributed by atoms with E-state index < -0.39 is 0 Å². The molecule has 2 aromatic carbocycles. The number of hydrogen-bond acceptors (Lipinski definition) is 4. The van der Waals surface area contributed by atoms with E-state index in [-0.39, 0.29) is 5.91 Å². The summed E-state index contributed by atoms with van der Waals surface area (Å²) < 4.78 is 5.12. The van der Waals surface area contributed by atoms with Crippen molar-refractivity contribution in [3.05, 3.63) is 53.6 Å². The molecular weight excluding hydrogens is 266 g/mol. The van der Waals surface area contributed by atoms with Crippen LogP contribution in [0, 0.1) is 0 Å². The molecule has 2 aromatic rings. The molecule has 0 heterocycles. The quantitative estimate of drug-likeness (QED) is 0.738. The van der Waals surface area contributed by atoms with Gasteiger partial charge in [0, 0.05) is 25.5 Å². The molecule has 0 saturated carbocycles. The Morgan fingerprint density at radius 2 is 2.05 bits per heavy atom. The average Bonchev–Trinajstić information content (AvgIpc) is 2.47. The molecule has 0 radical (unpaired) electrons. The fourth-order valence-corrected chi connectivity index (χ4v) is 2.06. The molecule has 0 bridgehead atoms. The SMILES string of the molecule is CNC(=O)c1ccc(N)cc1Nc1cccc(COC)c1. The summed E-state index contributed by atoms with van der Waals surface area (Å²) in [6.45, 7) is 0.536. The molecule has 21 heavy (non-hydrogen) atoms. The van der Waals surface area contributed by atoms with Crippen molar-refractivity contribution >= 4 is 23.0 Å². The maximum absolute atomic E-state index is 11.9. The Morgan fingerprint density at radius 1 is 1.24 bits per heavy atom. The Hall–Kier alpha value is -2.53. The maximum atomic E-state index is 11.9. The Bertz CT molecular complexity index is 641. The molecule has 0 atom stereocenters. The first kappa shape index (κ1) is 14.9. The lowest BCUT2D eigenvalue weighted by Crippen LogP contribution is -2.19. The van der Waals surface area contributed by atoms with Crippen molar-refractivity contribution in [2.24, 2.45) is 0 Å². The van der Waals surface area contributed by atoms with Crippen molar-refractivity contribution in [3.8, 4) is 0 Å². The van der Waals surface area contributed by atoms with E-state index in [1.54, 1.807) is 32.4 Å². The predicted molar refractivity (Wildman–Crippen MR) is 84.7 cm³/mol. The average molecular weight is 285 g/mol. The highest BCUT2D eigenvalue weighted by Crippen LogP contribution is 2.24. The summed E-state index contributed by atoms with van der Waals surface area (Å²) >= 11 is 0. The number of ether oxygens (including phenoxy) is 1. The van der Waals surface area contributed by atoms with Crippen LogP contribution in [0.4, 0.5) is 17.1 Å². The van der Waals surface area contributed by atoms with Crippen LogP contribution in [0.25, 0.3) is 0 Å². The Balaban J connectivity index is 2.32. The first-order valence-electron chi connectivity index (χ1n) is 6.60. The number of rotatable bonds is 5. The van der Waals surface area contributed by atoms with Gasteiger partial charge in [0.05, 0.1) is 17.9 Å². The van der Waals surface area contributed by atoms with Gasteiger partial charge in [-0.15, -0.1) is 0 Å².